The average molecular weight is 849 g/mol. The zero-order valence-electron chi connectivity index (χ0n) is 33.8. The normalized spacial score (nSPS) is 17.0. The van der Waals surface area contributed by atoms with Crippen LogP contribution in [0.2, 0.25) is 0 Å². The first-order valence-electron chi connectivity index (χ1n) is 19.5. The highest BCUT2D eigenvalue weighted by Crippen LogP contribution is 2.50. The molecule has 1 aromatic rings. The summed E-state index contributed by atoms with van der Waals surface area (Å²) in [5, 5.41) is 11.4. The number of carbonyl (C=O) groups excluding carboxylic acids is 4. The summed E-state index contributed by atoms with van der Waals surface area (Å²) in [4.78, 5) is 68.1. The molecule has 10 N–H and O–H groups in total. The van der Waals surface area contributed by atoms with Crippen molar-refractivity contribution in [1.29, 1.82) is 0 Å². The van der Waals surface area contributed by atoms with Crippen molar-refractivity contribution in [2.24, 2.45) is 23.6 Å². The van der Waals surface area contributed by atoms with Crippen molar-refractivity contribution < 1.29 is 61.5 Å². The fraction of sp³-hybridized carbons (Fsp3) is 0.722. The van der Waals surface area contributed by atoms with Crippen LogP contribution in [0.5, 0.6) is 0 Å². The molecule has 332 valence electrons. The predicted octanol–water partition coefficient (Wildman–Crippen LogP) is -0.980. The summed E-state index contributed by atoms with van der Waals surface area (Å²) in [6, 6.07) is 6.42. The van der Waals surface area contributed by atoms with E-state index < -0.39 is 31.4 Å². The molecular formula is C36H65N8O13P. The van der Waals surface area contributed by atoms with E-state index in [1.165, 1.54) is 12.0 Å². The van der Waals surface area contributed by atoms with Gasteiger partial charge in [-0.1, -0.05) is 31.2 Å². The standard InChI is InChI=1S/C36H65N8O13P/c1-3-58(49,50-2)57-31-10-8-30(9-11-31)35(47)43-25-29-6-4-28(5-7-29)24-32(36(48)42-14-17-53-20-23-56-39)44(26-33(45)40-12-15-51-18-21-54-37)27-34(46)41-13-16-52-19-22-55-38/h4-7,30-32H,3,8-27,37-39H2,1-2H3,(H,40,45)(H,41,46)(H,42,48)(H,43,47)/t30-,31-,32-,58?/m1/s1. The first-order valence-corrected chi connectivity index (χ1v) is 21.2. The molecule has 0 saturated heterocycles. The molecule has 0 aliphatic heterocycles. The molecular weight excluding hydrogens is 783 g/mol. The molecule has 0 spiro atoms. The van der Waals surface area contributed by atoms with E-state index in [9.17, 15) is 23.7 Å². The van der Waals surface area contributed by atoms with Gasteiger partial charge in [-0.3, -0.25) is 28.6 Å². The van der Waals surface area contributed by atoms with Crippen molar-refractivity contribution in [3.8, 4) is 0 Å². The number of amides is 4. The van der Waals surface area contributed by atoms with Gasteiger partial charge in [0.05, 0.1) is 84.7 Å². The Morgan fingerprint density at radius 3 is 1.66 bits per heavy atom. The lowest BCUT2D eigenvalue weighted by molar-refractivity contribution is -0.132. The van der Waals surface area contributed by atoms with E-state index in [0.29, 0.717) is 38.4 Å². The summed E-state index contributed by atoms with van der Waals surface area (Å²) in [6.45, 7) is 3.86. The molecule has 1 saturated carbocycles. The summed E-state index contributed by atoms with van der Waals surface area (Å²) in [7, 11) is -1.72. The molecule has 2 atom stereocenters. The van der Waals surface area contributed by atoms with Crippen LogP contribution in [-0.2, 0) is 74.5 Å². The maximum Gasteiger partial charge on any atom is 0.330 e. The summed E-state index contributed by atoms with van der Waals surface area (Å²) in [5.74, 6) is 13.5. The molecule has 21 nitrogen and oxygen atoms in total. The zero-order valence-corrected chi connectivity index (χ0v) is 34.7. The fourth-order valence-corrected chi connectivity index (χ4v) is 7.07. The Hall–Kier alpha value is -3.15. The number of ether oxygens (including phenoxy) is 3. The lowest BCUT2D eigenvalue weighted by Gasteiger charge is -2.30. The van der Waals surface area contributed by atoms with Gasteiger partial charge in [0.1, 0.15) is 0 Å². The van der Waals surface area contributed by atoms with Crippen molar-refractivity contribution in [1.82, 2.24) is 26.2 Å². The Labute approximate surface area is 340 Å². The van der Waals surface area contributed by atoms with Gasteiger partial charge in [-0.05, 0) is 43.2 Å². The van der Waals surface area contributed by atoms with Crippen LogP contribution in [0.4, 0.5) is 0 Å². The number of nitrogens with one attached hydrogen (secondary N) is 4. The van der Waals surface area contributed by atoms with E-state index in [0.717, 1.165) is 11.1 Å². The maximum atomic E-state index is 13.8. The van der Waals surface area contributed by atoms with Gasteiger partial charge in [-0.15, -0.1) is 0 Å². The summed E-state index contributed by atoms with van der Waals surface area (Å²) < 4.78 is 39.5. The molecule has 1 aliphatic carbocycles. The van der Waals surface area contributed by atoms with Crippen LogP contribution >= 0.6 is 7.60 Å². The van der Waals surface area contributed by atoms with Gasteiger partial charge in [0.2, 0.25) is 23.6 Å². The van der Waals surface area contributed by atoms with E-state index >= 15 is 0 Å². The second kappa shape index (κ2) is 30.8. The molecule has 1 aromatic carbocycles. The molecule has 0 aromatic heterocycles. The van der Waals surface area contributed by atoms with Gasteiger partial charge < -0.3 is 59.0 Å². The summed E-state index contributed by atoms with van der Waals surface area (Å²) in [5.41, 5.74) is 1.59. The number of hydrogen-bond acceptors (Lipinski definition) is 17. The van der Waals surface area contributed by atoms with Crippen LogP contribution in [0.15, 0.2) is 24.3 Å². The van der Waals surface area contributed by atoms with Crippen molar-refractivity contribution >= 4 is 31.2 Å². The smallest absolute Gasteiger partial charge is 0.330 e. The molecule has 58 heavy (non-hydrogen) atoms. The molecule has 0 radical (unpaired) electrons. The zero-order chi connectivity index (χ0) is 42.4. The number of nitrogens with zero attached hydrogens (tertiary/aromatic N) is 1. The van der Waals surface area contributed by atoms with Crippen LogP contribution in [0, 0.1) is 5.92 Å². The average Bonchev–Trinajstić information content (AvgIpc) is 3.23. The molecule has 22 heteroatoms. The topological polar surface area (TPSA) is 289 Å². The van der Waals surface area contributed by atoms with Gasteiger partial charge in [-0.2, -0.15) is 0 Å². The van der Waals surface area contributed by atoms with Crippen LogP contribution in [0.25, 0.3) is 0 Å². The molecule has 0 bridgehead atoms. The highest BCUT2D eigenvalue weighted by Gasteiger charge is 2.32. The van der Waals surface area contributed by atoms with Crippen LogP contribution in [0.3, 0.4) is 0 Å². The SMILES string of the molecule is CCP(=O)(OC)O[C@H]1CC[C@H](C(=O)NCc2ccc(C[C@H](C(=O)NCCOCCON)N(CC(=O)NCCOCCON)CC(=O)NCCOCCON)cc2)CC1. The minimum absolute atomic E-state index is 0.0660. The van der Waals surface area contributed by atoms with Crippen molar-refractivity contribution in [2.45, 2.75) is 57.7 Å². The first kappa shape index (κ1) is 51.0. The van der Waals surface area contributed by atoms with Crippen LogP contribution < -0.4 is 39.0 Å². The number of nitrogens with two attached hydrogens (primary N) is 3. The summed E-state index contributed by atoms with van der Waals surface area (Å²) >= 11 is 0. The number of hydrogen-bond donors (Lipinski definition) is 7. The van der Waals surface area contributed by atoms with Gasteiger partial charge >= 0.3 is 7.60 Å². The number of carbonyl (C=O) groups is 4. The third-order valence-corrected chi connectivity index (χ3v) is 11.0. The highest BCUT2D eigenvalue weighted by molar-refractivity contribution is 7.53. The highest BCUT2D eigenvalue weighted by atomic mass is 31.2. The first-order chi connectivity index (χ1) is 28.1. The Kier molecular flexibility index (Phi) is 27.1. The number of benzene rings is 1. The van der Waals surface area contributed by atoms with Gasteiger partial charge in [0.25, 0.3) is 0 Å². The fourth-order valence-electron chi connectivity index (χ4n) is 5.92. The van der Waals surface area contributed by atoms with Crippen molar-refractivity contribution in [3.05, 3.63) is 35.4 Å². The minimum Gasteiger partial charge on any atom is -0.377 e. The lowest BCUT2D eigenvalue weighted by Crippen LogP contribution is -2.54. The second-order valence-corrected chi connectivity index (χ2v) is 15.7. The molecule has 0 heterocycles. The third-order valence-electron chi connectivity index (χ3n) is 9.10. The van der Waals surface area contributed by atoms with E-state index in [4.69, 9.17) is 40.9 Å². The number of rotatable bonds is 33. The molecule has 1 fully saturated rings. The molecule has 1 aliphatic rings. The van der Waals surface area contributed by atoms with Gasteiger partial charge in [0, 0.05) is 45.4 Å². The van der Waals surface area contributed by atoms with Crippen LogP contribution in [-0.4, -0.2) is 146 Å². The lowest BCUT2D eigenvalue weighted by atomic mass is 9.87. The Balaban J connectivity index is 2.13. The van der Waals surface area contributed by atoms with Crippen LogP contribution in [0.1, 0.15) is 43.7 Å². The Bertz CT molecular complexity index is 1320. The van der Waals surface area contributed by atoms with E-state index in [1.807, 2.05) is 24.3 Å². The minimum atomic E-state index is -3.10. The molecule has 2 rings (SSSR count). The molecule has 1 unspecified atom stereocenters. The van der Waals surface area contributed by atoms with Gasteiger partial charge in [-0.25, -0.2) is 17.7 Å². The van der Waals surface area contributed by atoms with E-state index in [2.05, 4.69) is 35.8 Å². The van der Waals surface area contributed by atoms with Crippen molar-refractivity contribution in [2.75, 3.05) is 105 Å². The molecule has 4 amide bonds. The Morgan fingerprint density at radius 1 is 0.707 bits per heavy atom. The third kappa shape index (κ3) is 21.7. The van der Waals surface area contributed by atoms with Crippen molar-refractivity contribution in [3.63, 3.8) is 0 Å². The predicted molar refractivity (Wildman–Crippen MR) is 211 cm³/mol. The van der Waals surface area contributed by atoms with E-state index in [1.54, 1.807) is 6.92 Å². The largest absolute Gasteiger partial charge is 0.377 e. The second-order valence-electron chi connectivity index (χ2n) is 13.3. The quantitative estimate of drug-likeness (QED) is 0.0254. The van der Waals surface area contributed by atoms with Gasteiger partial charge in [0.15, 0.2) is 0 Å². The van der Waals surface area contributed by atoms with E-state index in [-0.39, 0.29) is 117 Å². The maximum absolute atomic E-state index is 13.8. The summed E-state index contributed by atoms with van der Waals surface area (Å²) in [6.07, 6.45) is 2.69. The monoisotopic (exact) mass is 848 g/mol. The Morgan fingerprint density at radius 2 is 1.19 bits per heavy atom.